The van der Waals surface area contributed by atoms with Gasteiger partial charge in [0.25, 0.3) is 0 Å². The monoisotopic (exact) mass is 219 g/mol. The van der Waals surface area contributed by atoms with Gasteiger partial charge in [-0.2, -0.15) is 0 Å². The first-order chi connectivity index (χ1) is 7.77. The molecule has 1 aliphatic rings. The summed E-state index contributed by atoms with van der Waals surface area (Å²) in [5.74, 6) is -0.565. The number of carbonyl (C=O) groups excluding carboxylic acids is 2. The van der Waals surface area contributed by atoms with Gasteiger partial charge in [0, 0.05) is 13.0 Å². The van der Waals surface area contributed by atoms with Crippen molar-refractivity contribution in [1.29, 1.82) is 0 Å². The molecule has 1 fully saturated rings. The van der Waals surface area contributed by atoms with Gasteiger partial charge in [0.05, 0.1) is 0 Å². The molecule has 4 heteroatoms. The lowest BCUT2D eigenvalue weighted by molar-refractivity contribution is -0.149. The van der Waals surface area contributed by atoms with Crippen LogP contribution in [0.1, 0.15) is 12.0 Å². The van der Waals surface area contributed by atoms with Crippen LogP contribution in [-0.2, 0) is 20.9 Å². The quantitative estimate of drug-likeness (QED) is 0.599. The van der Waals surface area contributed by atoms with Crippen molar-refractivity contribution in [2.45, 2.75) is 19.1 Å². The second-order valence-electron chi connectivity index (χ2n) is 3.70. The predicted molar refractivity (Wildman–Crippen MR) is 57.7 cm³/mol. The summed E-state index contributed by atoms with van der Waals surface area (Å²) in [5.41, 5.74) is 0.918. The molecule has 1 saturated heterocycles. The maximum Gasteiger partial charge on any atom is 0.331 e. The zero-order chi connectivity index (χ0) is 11.4. The summed E-state index contributed by atoms with van der Waals surface area (Å²) in [5, 5.41) is 2.82. The number of ketones is 1. The molecule has 1 aliphatic heterocycles. The van der Waals surface area contributed by atoms with E-state index in [0.717, 1.165) is 5.56 Å². The maximum atomic E-state index is 11.5. The third-order valence-corrected chi connectivity index (χ3v) is 2.50. The molecule has 16 heavy (non-hydrogen) atoms. The summed E-state index contributed by atoms with van der Waals surface area (Å²) >= 11 is 0. The highest BCUT2D eigenvalue weighted by Gasteiger charge is 2.31. The van der Waals surface area contributed by atoms with Crippen molar-refractivity contribution in [2.24, 2.45) is 0 Å². The van der Waals surface area contributed by atoms with Gasteiger partial charge in [-0.05, 0) is 5.56 Å². The van der Waals surface area contributed by atoms with Crippen molar-refractivity contribution in [3.8, 4) is 0 Å². The van der Waals surface area contributed by atoms with E-state index in [1.54, 1.807) is 0 Å². The molecule has 84 valence electrons. The van der Waals surface area contributed by atoms with Gasteiger partial charge in [-0.3, -0.25) is 10.1 Å². The first kappa shape index (κ1) is 10.8. The van der Waals surface area contributed by atoms with E-state index in [0.29, 0.717) is 13.0 Å². The number of ether oxygens (including phenoxy) is 1. The summed E-state index contributed by atoms with van der Waals surface area (Å²) in [6, 6.07) is 8.63. The molecule has 4 nitrogen and oxygen atoms in total. The SMILES string of the molecule is O=C1CCNC1C(=O)OCc1ccccc1. The van der Waals surface area contributed by atoms with E-state index in [1.807, 2.05) is 30.3 Å². The van der Waals surface area contributed by atoms with Crippen molar-refractivity contribution in [1.82, 2.24) is 5.32 Å². The van der Waals surface area contributed by atoms with Crippen molar-refractivity contribution < 1.29 is 14.3 Å². The largest absolute Gasteiger partial charge is 0.459 e. The summed E-state index contributed by atoms with van der Waals surface area (Å²) in [4.78, 5) is 22.8. The Balaban J connectivity index is 1.86. The smallest absolute Gasteiger partial charge is 0.331 e. The molecule has 0 aliphatic carbocycles. The minimum atomic E-state index is -0.760. The fourth-order valence-electron chi connectivity index (χ4n) is 1.62. The van der Waals surface area contributed by atoms with E-state index < -0.39 is 12.0 Å². The number of carbonyl (C=O) groups is 2. The average Bonchev–Trinajstić information content (AvgIpc) is 2.74. The van der Waals surface area contributed by atoms with Crippen LogP contribution in [0.4, 0.5) is 0 Å². The predicted octanol–water partition coefficient (Wildman–Crippen LogP) is 0.661. The van der Waals surface area contributed by atoms with Crippen LogP contribution in [0, 0.1) is 0 Å². The van der Waals surface area contributed by atoms with Crippen molar-refractivity contribution in [3.63, 3.8) is 0 Å². The summed E-state index contributed by atoms with van der Waals surface area (Å²) < 4.78 is 5.06. The average molecular weight is 219 g/mol. The molecule has 0 saturated carbocycles. The number of rotatable bonds is 3. The zero-order valence-electron chi connectivity index (χ0n) is 8.81. The Morgan fingerprint density at radius 2 is 2.12 bits per heavy atom. The van der Waals surface area contributed by atoms with Gasteiger partial charge in [-0.1, -0.05) is 30.3 Å². The van der Waals surface area contributed by atoms with Crippen LogP contribution in [0.15, 0.2) is 30.3 Å². The van der Waals surface area contributed by atoms with E-state index in [9.17, 15) is 9.59 Å². The van der Waals surface area contributed by atoms with Crippen LogP contribution in [0.5, 0.6) is 0 Å². The molecule has 0 bridgehead atoms. The topological polar surface area (TPSA) is 55.4 Å². The van der Waals surface area contributed by atoms with Gasteiger partial charge >= 0.3 is 5.97 Å². The Morgan fingerprint density at radius 1 is 1.38 bits per heavy atom. The maximum absolute atomic E-state index is 11.5. The Morgan fingerprint density at radius 3 is 2.75 bits per heavy atom. The van der Waals surface area contributed by atoms with E-state index in [1.165, 1.54) is 0 Å². The molecular weight excluding hydrogens is 206 g/mol. The van der Waals surface area contributed by atoms with E-state index >= 15 is 0 Å². The van der Waals surface area contributed by atoms with Gasteiger partial charge in [-0.15, -0.1) is 0 Å². The molecule has 0 aromatic heterocycles. The lowest BCUT2D eigenvalue weighted by Crippen LogP contribution is -2.37. The summed E-state index contributed by atoms with van der Waals surface area (Å²) in [7, 11) is 0. The Bertz CT molecular complexity index is 389. The first-order valence-corrected chi connectivity index (χ1v) is 5.24. The highest BCUT2D eigenvalue weighted by Crippen LogP contribution is 2.06. The third kappa shape index (κ3) is 2.46. The molecule has 0 spiro atoms. The molecule has 0 amide bonds. The summed E-state index contributed by atoms with van der Waals surface area (Å²) in [6.07, 6.45) is 0.408. The van der Waals surface area contributed by atoms with Gasteiger partial charge in [0.15, 0.2) is 11.8 Å². The molecule has 1 atom stereocenters. The minimum Gasteiger partial charge on any atom is -0.459 e. The van der Waals surface area contributed by atoms with Crippen LogP contribution >= 0.6 is 0 Å². The third-order valence-electron chi connectivity index (χ3n) is 2.50. The highest BCUT2D eigenvalue weighted by molar-refractivity contribution is 6.04. The van der Waals surface area contributed by atoms with Crippen LogP contribution in [0.3, 0.4) is 0 Å². The molecule has 1 heterocycles. The van der Waals surface area contributed by atoms with Crippen molar-refractivity contribution in [3.05, 3.63) is 35.9 Å². The van der Waals surface area contributed by atoms with Crippen LogP contribution in [0.2, 0.25) is 0 Å². The number of benzene rings is 1. The number of nitrogens with one attached hydrogen (secondary N) is 1. The van der Waals surface area contributed by atoms with E-state index in [-0.39, 0.29) is 12.4 Å². The second kappa shape index (κ2) is 4.90. The highest BCUT2D eigenvalue weighted by atomic mass is 16.5. The van der Waals surface area contributed by atoms with Gasteiger partial charge in [0.1, 0.15) is 6.61 Å². The number of Topliss-reactive ketones (excluding diaryl/α,β-unsaturated/α-hetero) is 1. The fourth-order valence-corrected chi connectivity index (χ4v) is 1.62. The number of hydrogen-bond donors (Lipinski definition) is 1. The molecule has 0 radical (unpaired) electrons. The first-order valence-electron chi connectivity index (χ1n) is 5.24. The molecule has 2 rings (SSSR count). The molecule has 1 aromatic rings. The molecular formula is C12H13NO3. The standard InChI is InChI=1S/C12H13NO3/c14-10-6-7-13-11(10)12(15)16-8-9-4-2-1-3-5-9/h1-5,11,13H,6-8H2. The molecule has 1 N–H and O–H groups in total. The van der Waals surface area contributed by atoms with Gasteiger partial charge in [-0.25, -0.2) is 4.79 Å². The normalized spacial score (nSPS) is 19.8. The molecule has 1 aromatic carbocycles. The minimum absolute atomic E-state index is 0.0851. The second-order valence-corrected chi connectivity index (χ2v) is 3.70. The zero-order valence-corrected chi connectivity index (χ0v) is 8.81. The number of esters is 1. The lowest BCUT2D eigenvalue weighted by atomic mass is 10.2. The number of hydrogen-bond acceptors (Lipinski definition) is 4. The molecule has 1 unspecified atom stereocenters. The van der Waals surface area contributed by atoms with Crippen LogP contribution in [0.25, 0.3) is 0 Å². The van der Waals surface area contributed by atoms with Crippen molar-refractivity contribution in [2.75, 3.05) is 6.54 Å². The van der Waals surface area contributed by atoms with Crippen molar-refractivity contribution >= 4 is 11.8 Å². The van der Waals surface area contributed by atoms with Crippen LogP contribution in [-0.4, -0.2) is 24.3 Å². The van der Waals surface area contributed by atoms with Gasteiger partial charge in [0.2, 0.25) is 0 Å². The Labute approximate surface area is 93.6 Å². The summed E-state index contributed by atoms with van der Waals surface area (Å²) in [6.45, 7) is 0.773. The van der Waals surface area contributed by atoms with E-state index in [4.69, 9.17) is 4.74 Å². The van der Waals surface area contributed by atoms with Crippen LogP contribution < -0.4 is 5.32 Å². The Hall–Kier alpha value is -1.68. The van der Waals surface area contributed by atoms with Gasteiger partial charge < -0.3 is 4.74 Å². The lowest BCUT2D eigenvalue weighted by Gasteiger charge is -2.09. The van der Waals surface area contributed by atoms with E-state index in [2.05, 4.69) is 5.32 Å². The fraction of sp³-hybridized carbons (Fsp3) is 0.333. The Kier molecular flexibility index (Phi) is 3.31.